The number of phenols is 1. The quantitative estimate of drug-likeness (QED) is 0.880. The van der Waals surface area contributed by atoms with E-state index in [1.807, 2.05) is 51.0 Å². The molecule has 0 aliphatic carbocycles. The molecule has 2 aromatic rings. The molecule has 0 saturated heterocycles. The van der Waals surface area contributed by atoms with Crippen molar-refractivity contribution in [2.24, 2.45) is 0 Å². The molecule has 0 spiro atoms. The maximum Gasteiger partial charge on any atom is 0.225 e. The van der Waals surface area contributed by atoms with Crippen molar-refractivity contribution in [1.82, 2.24) is 9.97 Å². The Bertz CT molecular complexity index is 579. The largest absolute Gasteiger partial charge is 0.508 e. The Labute approximate surface area is 107 Å². The molecule has 94 valence electrons. The van der Waals surface area contributed by atoms with Gasteiger partial charge in [0.15, 0.2) is 0 Å². The van der Waals surface area contributed by atoms with Gasteiger partial charge in [-0.3, -0.25) is 0 Å². The van der Waals surface area contributed by atoms with Gasteiger partial charge in [-0.15, -0.1) is 0 Å². The SMILES string of the molecule is Cc1cc(-c2ccc(O)c(C)c2)nc(N(C)C)n1. The molecule has 1 aromatic heterocycles. The molecule has 0 unspecified atom stereocenters. The fourth-order valence-electron chi connectivity index (χ4n) is 1.72. The van der Waals surface area contributed by atoms with Crippen LogP contribution in [-0.2, 0) is 0 Å². The van der Waals surface area contributed by atoms with Crippen molar-refractivity contribution in [3.63, 3.8) is 0 Å². The Morgan fingerprint density at radius 1 is 1.06 bits per heavy atom. The van der Waals surface area contributed by atoms with E-state index >= 15 is 0 Å². The zero-order chi connectivity index (χ0) is 13.3. The minimum atomic E-state index is 0.303. The summed E-state index contributed by atoms with van der Waals surface area (Å²) in [6, 6.07) is 7.43. The van der Waals surface area contributed by atoms with Gasteiger partial charge in [-0.1, -0.05) is 0 Å². The highest BCUT2D eigenvalue weighted by Gasteiger charge is 2.07. The van der Waals surface area contributed by atoms with Crippen molar-refractivity contribution in [2.75, 3.05) is 19.0 Å². The van der Waals surface area contributed by atoms with E-state index in [2.05, 4.69) is 9.97 Å². The van der Waals surface area contributed by atoms with E-state index in [1.165, 1.54) is 0 Å². The molecule has 1 N–H and O–H groups in total. The van der Waals surface area contributed by atoms with Crippen LogP contribution in [-0.4, -0.2) is 29.2 Å². The summed E-state index contributed by atoms with van der Waals surface area (Å²) < 4.78 is 0. The van der Waals surface area contributed by atoms with Gasteiger partial charge in [-0.2, -0.15) is 0 Å². The van der Waals surface area contributed by atoms with Crippen LogP contribution in [0.1, 0.15) is 11.3 Å². The number of hydrogen-bond acceptors (Lipinski definition) is 4. The van der Waals surface area contributed by atoms with Crippen LogP contribution in [0.25, 0.3) is 11.3 Å². The highest BCUT2D eigenvalue weighted by Crippen LogP contribution is 2.25. The molecule has 1 heterocycles. The van der Waals surface area contributed by atoms with E-state index in [9.17, 15) is 5.11 Å². The van der Waals surface area contributed by atoms with E-state index in [0.717, 1.165) is 22.5 Å². The molecule has 0 aliphatic heterocycles. The van der Waals surface area contributed by atoms with Gasteiger partial charge in [-0.05, 0) is 43.7 Å². The molecule has 0 amide bonds. The first-order valence-corrected chi connectivity index (χ1v) is 5.80. The number of rotatable bonds is 2. The third kappa shape index (κ3) is 2.42. The van der Waals surface area contributed by atoms with Crippen LogP contribution in [0.3, 0.4) is 0 Å². The molecule has 0 aliphatic rings. The third-order valence-corrected chi connectivity index (χ3v) is 2.73. The second kappa shape index (κ2) is 4.64. The van der Waals surface area contributed by atoms with E-state index in [-0.39, 0.29) is 0 Å². The molecule has 0 radical (unpaired) electrons. The van der Waals surface area contributed by atoms with E-state index < -0.39 is 0 Å². The fourth-order valence-corrected chi connectivity index (χ4v) is 1.72. The molecule has 0 bridgehead atoms. The van der Waals surface area contributed by atoms with Crippen molar-refractivity contribution < 1.29 is 5.11 Å². The summed E-state index contributed by atoms with van der Waals surface area (Å²) in [6.07, 6.45) is 0. The predicted octanol–water partition coefficient (Wildman–Crippen LogP) is 2.53. The third-order valence-electron chi connectivity index (χ3n) is 2.73. The van der Waals surface area contributed by atoms with Gasteiger partial charge in [0.05, 0.1) is 5.69 Å². The summed E-state index contributed by atoms with van der Waals surface area (Å²) in [5.41, 5.74) is 3.62. The maximum absolute atomic E-state index is 9.55. The summed E-state index contributed by atoms with van der Waals surface area (Å²) in [4.78, 5) is 10.8. The second-order valence-electron chi connectivity index (χ2n) is 4.59. The van der Waals surface area contributed by atoms with Gasteiger partial charge >= 0.3 is 0 Å². The smallest absolute Gasteiger partial charge is 0.225 e. The minimum Gasteiger partial charge on any atom is -0.508 e. The van der Waals surface area contributed by atoms with Crippen LogP contribution in [0.15, 0.2) is 24.3 Å². The first kappa shape index (κ1) is 12.4. The lowest BCUT2D eigenvalue weighted by Gasteiger charge is -2.12. The van der Waals surface area contributed by atoms with Crippen LogP contribution in [0, 0.1) is 13.8 Å². The molecule has 4 heteroatoms. The molecule has 0 fully saturated rings. The Morgan fingerprint density at radius 2 is 1.78 bits per heavy atom. The Balaban J connectivity index is 2.53. The first-order valence-electron chi connectivity index (χ1n) is 5.80. The highest BCUT2D eigenvalue weighted by molar-refractivity contribution is 5.63. The van der Waals surface area contributed by atoms with Crippen LogP contribution in [0.2, 0.25) is 0 Å². The van der Waals surface area contributed by atoms with E-state index in [1.54, 1.807) is 6.07 Å². The normalized spacial score (nSPS) is 10.4. The summed E-state index contributed by atoms with van der Waals surface area (Å²) in [5, 5.41) is 9.55. The number of hydrogen-bond donors (Lipinski definition) is 1. The molecule has 4 nitrogen and oxygen atoms in total. The average Bonchev–Trinajstić information content (AvgIpc) is 2.31. The Hall–Kier alpha value is -2.10. The van der Waals surface area contributed by atoms with E-state index in [0.29, 0.717) is 11.7 Å². The van der Waals surface area contributed by atoms with Crippen LogP contribution in [0.4, 0.5) is 5.95 Å². The van der Waals surface area contributed by atoms with Crippen molar-refractivity contribution in [3.8, 4) is 17.0 Å². The summed E-state index contributed by atoms with van der Waals surface area (Å²) in [5.74, 6) is 0.994. The molecule has 2 rings (SSSR count). The zero-order valence-corrected chi connectivity index (χ0v) is 11.1. The second-order valence-corrected chi connectivity index (χ2v) is 4.59. The Morgan fingerprint density at radius 3 is 2.39 bits per heavy atom. The van der Waals surface area contributed by atoms with Gasteiger partial charge < -0.3 is 10.0 Å². The number of benzene rings is 1. The predicted molar refractivity (Wildman–Crippen MR) is 72.9 cm³/mol. The van der Waals surface area contributed by atoms with Gasteiger partial charge in [0.1, 0.15) is 5.75 Å². The van der Waals surface area contributed by atoms with Crippen molar-refractivity contribution in [3.05, 3.63) is 35.5 Å². The van der Waals surface area contributed by atoms with Crippen LogP contribution < -0.4 is 4.90 Å². The minimum absolute atomic E-state index is 0.303. The lowest BCUT2D eigenvalue weighted by Crippen LogP contribution is -2.13. The van der Waals surface area contributed by atoms with Crippen molar-refractivity contribution in [1.29, 1.82) is 0 Å². The lowest BCUT2D eigenvalue weighted by molar-refractivity contribution is 0.471. The number of nitrogens with zero attached hydrogens (tertiary/aromatic N) is 3. The number of aryl methyl sites for hydroxylation is 2. The molecule has 1 aromatic carbocycles. The topological polar surface area (TPSA) is 49.3 Å². The fraction of sp³-hybridized carbons (Fsp3) is 0.286. The molecule has 0 saturated carbocycles. The van der Waals surface area contributed by atoms with Gasteiger partial charge in [0.2, 0.25) is 5.95 Å². The zero-order valence-electron chi connectivity index (χ0n) is 11.1. The summed E-state index contributed by atoms with van der Waals surface area (Å²) in [6.45, 7) is 3.82. The number of anilines is 1. The van der Waals surface area contributed by atoms with Gasteiger partial charge in [0, 0.05) is 25.4 Å². The maximum atomic E-state index is 9.55. The van der Waals surface area contributed by atoms with Crippen molar-refractivity contribution >= 4 is 5.95 Å². The first-order chi connectivity index (χ1) is 8.47. The Kier molecular flexibility index (Phi) is 3.19. The average molecular weight is 243 g/mol. The van der Waals surface area contributed by atoms with E-state index in [4.69, 9.17) is 0 Å². The van der Waals surface area contributed by atoms with Gasteiger partial charge in [-0.25, -0.2) is 9.97 Å². The summed E-state index contributed by atoms with van der Waals surface area (Å²) >= 11 is 0. The number of aromatic nitrogens is 2. The molecule has 0 atom stereocenters. The molecular formula is C14H17N3O. The lowest BCUT2D eigenvalue weighted by atomic mass is 10.1. The van der Waals surface area contributed by atoms with Gasteiger partial charge in [0.25, 0.3) is 0 Å². The molecule has 18 heavy (non-hydrogen) atoms. The molecular weight excluding hydrogens is 226 g/mol. The van der Waals surface area contributed by atoms with Crippen LogP contribution in [0.5, 0.6) is 5.75 Å². The van der Waals surface area contributed by atoms with Crippen LogP contribution >= 0.6 is 0 Å². The standard InChI is InChI=1S/C14H17N3O/c1-9-7-11(5-6-13(9)18)12-8-10(2)15-14(16-12)17(3)4/h5-8,18H,1-4H3. The number of aromatic hydroxyl groups is 1. The monoisotopic (exact) mass is 243 g/mol. The summed E-state index contributed by atoms with van der Waals surface area (Å²) in [7, 11) is 3.83. The number of phenolic OH excluding ortho intramolecular Hbond substituents is 1. The highest BCUT2D eigenvalue weighted by atomic mass is 16.3. The van der Waals surface area contributed by atoms with Crippen molar-refractivity contribution in [2.45, 2.75) is 13.8 Å².